The Labute approximate surface area is 114 Å². The predicted molar refractivity (Wildman–Crippen MR) is 74.4 cm³/mol. The Kier molecular flexibility index (Phi) is 3.81. The van der Waals surface area contributed by atoms with Crippen LogP contribution in [0.5, 0.6) is 0 Å². The molecule has 0 spiro atoms. The summed E-state index contributed by atoms with van der Waals surface area (Å²) in [4.78, 5) is 12.1. The van der Waals surface area contributed by atoms with E-state index in [2.05, 4.69) is 26.3 Å². The highest BCUT2D eigenvalue weighted by molar-refractivity contribution is 9.10. The maximum absolute atomic E-state index is 12.1. The first-order valence-corrected chi connectivity index (χ1v) is 6.43. The molecule has 0 unspecified atom stereocenters. The average Bonchev–Trinajstić information content (AvgIpc) is 2.85. The number of rotatable bonds is 3. The zero-order valence-electron chi connectivity index (χ0n) is 10.2. The molecule has 1 amide bonds. The zero-order valence-corrected chi connectivity index (χ0v) is 11.8. The van der Waals surface area contributed by atoms with Gasteiger partial charge in [-0.05, 0) is 53.5 Å². The molecule has 0 fully saturated rings. The van der Waals surface area contributed by atoms with E-state index < -0.39 is 0 Å². The van der Waals surface area contributed by atoms with E-state index in [1.807, 2.05) is 32.0 Å². The van der Waals surface area contributed by atoms with Crippen LogP contribution in [0.15, 0.2) is 41.1 Å². The largest absolute Gasteiger partial charge is 0.323 e. The van der Waals surface area contributed by atoms with E-state index in [0.717, 1.165) is 15.7 Å². The Bertz CT molecular complexity index is 551. The van der Waals surface area contributed by atoms with Gasteiger partial charge in [0.1, 0.15) is 6.04 Å². The molecule has 1 atom stereocenters. The monoisotopic (exact) mass is 307 g/mol. The molecule has 0 bridgehead atoms. The highest BCUT2D eigenvalue weighted by atomic mass is 79.9. The number of hydrogen-bond donors (Lipinski definition) is 1. The minimum Gasteiger partial charge on any atom is -0.323 e. The highest BCUT2D eigenvalue weighted by Crippen LogP contribution is 2.24. The van der Waals surface area contributed by atoms with Crippen molar-refractivity contribution in [2.24, 2.45) is 0 Å². The van der Waals surface area contributed by atoms with Crippen molar-refractivity contribution >= 4 is 27.5 Å². The maximum atomic E-state index is 12.1. The normalized spacial score (nSPS) is 12.2. The Morgan fingerprint density at radius 2 is 2.28 bits per heavy atom. The Balaban J connectivity index is 2.12. The number of amides is 1. The maximum Gasteiger partial charge on any atom is 0.248 e. The number of hydrogen-bond acceptors (Lipinski definition) is 2. The summed E-state index contributed by atoms with van der Waals surface area (Å²) in [6.07, 6.45) is 3.43. The van der Waals surface area contributed by atoms with Crippen LogP contribution >= 0.6 is 15.9 Å². The van der Waals surface area contributed by atoms with Gasteiger partial charge in [-0.1, -0.05) is 6.07 Å². The minimum atomic E-state index is -0.340. The molecular formula is C13H14BrN3O. The van der Waals surface area contributed by atoms with Gasteiger partial charge in [0, 0.05) is 16.9 Å². The molecule has 0 aliphatic rings. The fraction of sp³-hybridized carbons (Fsp3) is 0.231. The molecule has 0 saturated heterocycles. The SMILES string of the molecule is Cc1ccc(NC(=O)[C@@H](C)n2cccn2)c(Br)c1. The first-order chi connectivity index (χ1) is 8.58. The van der Waals surface area contributed by atoms with Gasteiger partial charge in [0.15, 0.2) is 0 Å². The Morgan fingerprint density at radius 1 is 1.50 bits per heavy atom. The topological polar surface area (TPSA) is 46.9 Å². The van der Waals surface area contributed by atoms with Crippen LogP contribution < -0.4 is 5.32 Å². The summed E-state index contributed by atoms with van der Waals surface area (Å²) < 4.78 is 2.50. The fourth-order valence-electron chi connectivity index (χ4n) is 1.59. The van der Waals surface area contributed by atoms with Crippen molar-refractivity contribution in [1.29, 1.82) is 0 Å². The third-order valence-corrected chi connectivity index (χ3v) is 3.34. The summed E-state index contributed by atoms with van der Waals surface area (Å²) in [6.45, 7) is 3.81. The van der Waals surface area contributed by atoms with Crippen molar-refractivity contribution in [2.75, 3.05) is 5.32 Å². The number of nitrogens with zero attached hydrogens (tertiary/aromatic N) is 2. The quantitative estimate of drug-likeness (QED) is 0.947. The van der Waals surface area contributed by atoms with Gasteiger partial charge in [0.25, 0.3) is 0 Å². The summed E-state index contributed by atoms with van der Waals surface area (Å²) >= 11 is 3.44. The molecule has 4 nitrogen and oxygen atoms in total. The molecule has 2 aromatic rings. The molecular weight excluding hydrogens is 294 g/mol. The number of aromatic nitrogens is 2. The van der Waals surface area contributed by atoms with E-state index in [0.29, 0.717) is 0 Å². The zero-order chi connectivity index (χ0) is 13.1. The molecule has 5 heteroatoms. The fourth-order valence-corrected chi connectivity index (χ4v) is 2.18. The van der Waals surface area contributed by atoms with Crippen molar-refractivity contribution in [3.8, 4) is 0 Å². The average molecular weight is 308 g/mol. The van der Waals surface area contributed by atoms with Crippen LogP contribution in [-0.4, -0.2) is 15.7 Å². The summed E-state index contributed by atoms with van der Waals surface area (Å²) in [5.74, 6) is -0.0942. The number of aryl methyl sites for hydroxylation is 1. The van der Waals surface area contributed by atoms with Gasteiger partial charge in [-0.2, -0.15) is 5.10 Å². The van der Waals surface area contributed by atoms with E-state index in [1.165, 1.54) is 0 Å². The van der Waals surface area contributed by atoms with Gasteiger partial charge < -0.3 is 5.32 Å². The second-order valence-electron chi connectivity index (χ2n) is 4.13. The predicted octanol–water partition coefficient (Wildman–Crippen LogP) is 3.15. The number of anilines is 1. The third kappa shape index (κ3) is 2.79. The lowest BCUT2D eigenvalue weighted by Gasteiger charge is -2.13. The number of benzene rings is 1. The van der Waals surface area contributed by atoms with Crippen molar-refractivity contribution in [1.82, 2.24) is 9.78 Å². The molecule has 0 aliphatic carbocycles. The molecule has 1 aromatic carbocycles. The second kappa shape index (κ2) is 5.35. The van der Waals surface area contributed by atoms with Crippen LogP contribution in [0.1, 0.15) is 18.5 Å². The molecule has 0 radical (unpaired) electrons. The molecule has 1 aromatic heterocycles. The summed E-state index contributed by atoms with van der Waals surface area (Å²) in [7, 11) is 0. The van der Waals surface area contributed by atoms with Crippen LogP contribution in [0, 0.1) is 6.92 Å². The van der Waals surface area contributed by atoms with Crippen molar-refractivity contribution in [3.05, 3.63) is 46.7 Å². The van der Waals surface area contributed by atoms with E-state index >= 15 is 0 Å². The van der Waals surface area contributed by atoms with E-state index in [-0.39, 0.29) is 11.9 Å². The third-order valence-electron chi connectivity index (χ3n) is 2.68. The smallest absolute Gasteiger partial charge is 0.248 e. The van der Waals surface area contributed by atoms with Crippen LogP contribution in [0.2, 0.25) is 0 Å². The lowest BCUT2D eigenvalue weighted by atomic mass is 10.2. The molecule has 0 aliphatic heterocycles. The molecule has 18 heavy (non-hydrogen) atoms. The lowest BCUT2D eigenvalue weighted by Crippen LogP contribution is -2.24. The van der Waals surface area contributed by atoms with Gasteiger partial charge in [0.2, 0.25) is 5.91 Å². The number of nitrogens with one attached hydrogen (secondary N) is 1. The standard InChI is InChI=1S/C13H14BrN3O/c1-9-4-5-12(11(14)8-9)16-13(18)10(2)17-7-3-6-15-17/h3-8,10H,1-2H3,(H,16,18)/t10-/m1/s1. The van der Waals surface area contributed by atoms with Crippen molar-refractivity contribution in [2.45, 2.75) is 19.9 Å². The number of halogens is 1. The van der Waals surface area contributed by atoms with Gasteiger partial charge in [-0.3, -0.25) is 9.48 Å². The first kappa shape index (κ1) is 12.8. The molecule has 94 valence electrons. The second-order valence-corrected chi connectivity index (χ2v) is 4.99. The van der Waals surface area contributed by atoms with Crippen LogP contribution in [0.25, 0.3) is 0 Å². The van der Waals surface area contributed by atoms with Crippen LogP contribution in [0.3, 0.4) is 0 Å². The van der Waals surface area contributed by atoms with E-state index in [9.17, 15) is 4.79 Å². The summed E-state index contributed by atoms with van der Waals surface area (Å²) in [5, 5.41) is 6.94. The number of carbonyl (C=O) groups is 1. The van der Waals surface area contributed by atoms with Crippen LogP contribution in [0.4, 0.5) is 5.69 Å². The van der Waals surface area contributed by atoms with Crippen molar-refractivity contribution in [3.63, 3.8) is 0 Å². The lowest BCUT2D eigenvalue weighted by molar-refractivity contribution is -0.119. The molecule has 1 heterocycles. The van der Waals surface area contributed by atoms with Crippen molar-refractivity contribution < 1.29 is 4.79 Å². The minimum absolute atomic E-state index is 0.0942. The molecule has 0 saturated carbocycles. The highest BCUT2D eigenvalue weighted by Gasteiger charge is 2.15. The van der Waals surface area contributed by atoms with E-state index in [1.54, 1.807) is 23.1 Å². The van der Waals surface area contributed by atoms with Crippen LogP contribution in [-0.2, 0) is 4.79 Å². The summed E-state index contributed by atoms with van der Waals surface area (Å²) in [5.41, 5.74) is 1.91. The molecule has 1 N–H and O–H groups in total. The summed E-state index contributed by atoms with van der Waals surface area (Å²) in [6, 6.07) is 7.26. The number of carbonyl (C=O) groups excluding carboxylic acids is 1. The Morgan fingerprint density at radius 3 is 2.89 bits per heavy atom. The van der Waals surface area contributed by atoms with Gasteiger partial charge in [-0.25, -0.2) is 0 Å². The molecule has 2 rings (SSSR count). The Hall–Kier alpha value is -1.62. The van der Waals surface area contributed by atoms with Gasteiger partial charge in [-0.15, -0.1) is 0 Å². The van der Waals surface area contributed by atoms with E-state index in [4.69, 9.17) is 0 Å². The van der Waals surface area contributed by atoms with Gasteiger partial charge in [0.05, 0.1) is 5.69 Å². The first-order valence-electron chi connectivity index (χ1n) is 5.64. The van der Waals surface area contributed by atoms with Gasteiger partial charge >= 0.3 is 0 Å².